The molecule has 0 saturated carbocycles. The van der Waals surface area contributed by atoms with Gasteiger partial charge in [0.1, 0.15) is 0 Å². The molecule has 2 rings (SSSR count). The summed E-state index contributed by atoms with van der Waals surface area (Å²) in [7, 11) is 0. The molecule has 2 saturated heterocycles. The van der Waals surface area contributed by atoms with Crippen LogP contribution in [-0.4, -0.2) is 35.1 Å². The van der Waals surface area contributed by atoms with E-state index in [1.54, 1.807) is 0 Å². The molecule has 0 spiro atoms. The van der Waals surface area contributed by atoms with Crippen molar-refractivity contribution in [3.63, 3.8) is 0 Å². The second-order valence-electron chi connectivity index (χ2n) is 5.44. The lowest BCUT2D eigenvalue weighted by Crippen LogP contribution is -2.28. The van der Waals surface area contributed by atoms with Crippen molar-refractivity contribution >= 4 is 23.5 Å². The van der Waals surface area contributed by atoms with Crippen LogP contribution in [0.25, 0.3) is 0 Å². The molecule has 0 aliphatic carbocycles. The molecule has 0 amide bonds. The minimum Gasteiger partial charge on any atom is -0.353 e. The molecule has 0 bridgehead atoms. The molecule has 0 N–H and O–H groups in total. The fraction of sp³-hybridized carbons (Fsp3) is 1.00. The third kappa shape index (κ3) is 6.28. The molecule has 4 heteroatoms. The summed E-state index contributed by atoms with van der Waals surface area (Å²) >= 11 is 4.29. The van der Waals surface area contributed by atoms with Crippen LogP contribution in [-0.2, 0) is 9.47 Å². The second kappa shape index (κ2) is 9.54. The van der Waals surface area contributed by atoms with Gasteiger partial charge in [0.05, 0.1) is 10.7 Å². The van der Waals surface area contributed by atoms with Crippen molar-refractivity contribution in [2.75, 3.05) is 18.1 Å². The maximum atomic E-state index is 6.18. The number of rotatable bonds is 7. The van der Waals surface area contributed by atoms with E-state index in [-0.39, 0.29) is 6.29 Å². The van der Waals surface area contributed by atoms with Crippen LogP contribution in [0.4, 0.5) is 0 Å². The summed E-state index contributed by atoms with van der Waals surface area (Å²) < 4.78 is 12.7. The maximum Gasteiger partial charge on any atom is 0.157 e. The van der Waals surface area contributed by atoms with Gasteiger partial charge >= 0.3 is 0 Å². The maximum absolute atomic E-state index is 6.18. The minimum atomic E-state index is 0.0805. The molecule has 2 nitrogen and oxygen atoms in total. The van der Waals surface area contributed by atoms with E-state index < -0.39 is 0 Å². The fourth-order valence-corrected chi connectivity index (χ4v) is 5.56. The van der Waals surface area contributed by atoms with Crippen molar-refractivity contribution in [1.82, 2.24) is 0 Å². The third-order valence-electron chi connectivity index (χ3n) is 3.71. The highest BCUT2D eigenvalue weighted by molar-refractivity contribution is 8.17. The van der Waals surface area contributed by atoms with Crippen molar-refractivity contribution in [3.8, 4) is 0 Å². The van der Waals surface area contributed by atoms with Gasteiger partial charge in [-0.15, -0.1) is 23.5 Å². The zero-order chi connectivity index (χ0) is 13.3. The summed E-state index contributed by atoms with van der Waals surface area (Å²) in [5, 5.41) is 0. The molecule has 2 aliphatic rings. The van der Waals surface area contributed by atoms with E-state index in [2.05, 4.69) is 30.4 Å². The van der Waals surface area contributed by atoms with Crippen LogP contribution in [0.15, 0.2) is 0 Å². The lowest BCUT2D eigenvalue weighted by Gasteiger charge is -2.29. The van der Waals surface area contributed by atoms with Crippen molar-refractivity contribution in [1.29, 1.82) is 0 Å². The zero-order valence-electron chi connectivity index (χ0n) is 12.1. The Morgan fingerprint density at radius 3 is 2.68 bits per heavy atom. The summed E-state index contributed by atoms with van der Waals surface area (Å²) in [4.78, 5) is 0. The topological polar surface area (TPSA) is 18.5 Å². The molecular weight excluding hydrogens is 276 g/mol. The monoisotopic (exact) mass is 304 g/mol. The number of hydrogen-bond donors (Lipinski definition) is 0. The molecule has 19 heavy (non-hydrogen) atoms. The van der Waals surface area contributed by atoms with Gasteiger partial charge < -0.3 is 9.47 Å². The summed E-state index contributed by atoms with van der Waals surface area (Å²) in [6, 6.07) is 0. The smallest absolute Gasteiger partial charge is 0.157 e. The predicted octanol–water partition coefficient (Wildman–Crippen LogP) is 4.67. The van der Waals surface area contributed by atoms with Crippen molar-refractivity contribution in [2.24, 2.45) is 0 Å². The average molecular weight is 305 g/mol. The number of ether oxygens (including phenoxy) is 2. The van der Waals surface area contributed by atoms with Gasteiger partial charge in [-0.3, -0.25) is 0 Å². The molecule has 0 radical (unpaired) electrons. The first kappa shape index (κ1) is 16.0. The summed E-state index contributed by atoms with van der Waals surface area (Å²) in [5.74, 6) is 2.70. The van der Waals surface area contributed by atoms with E-state index in [4.69, 9.17) is 9.47 Å². The van der Waals surface area contributed by atoms with E-state index in [0.29, 0.717) is 6.10 Å². The molecule has 2 fully saturated rings. The van der Waals surface area contributed by atoms with Crippen molar-refractivity contribution in [2.45, 2.75) is 75.3 Å². The van der Waals surface area contributed by atoms with Gasteiger partial charge in [0.25, 0.3) is 0 Å². The first-order chi connectivity index (χ1) is 9.38. The second-order valence-corrected chi connectivity index (χ2v) is 8.36. The summed E-state index contributed by atoms with van der Waals surface area (Å²) in [6.07, 6.45) is 10.3. The Morgan fingerprint density at radius 1 is 1.16 bits per heavy atom. The molecular formula is C15H28O2S2. The molecule has 2 unspecified atom stereocenters. The molecule has 2 aliphatic heterocycles. The van der Waals surface area contributed by atoms with Crippen LogP contribution in [0.5, 0.6) is 0 Å². The number of hydrogen-bond acceptors (Lipinski definition) is 4. The van der Waals surface area contributed by atoms with Crippen LogP contribution < -0.4 is 0 Å². The van der Waals surface area contributed by atoms with Gasteiger partial charge in [-0.05, 0) is 56.5 Å². The minimum absolute atomic E-state index is 0.0805. The molecule has 112 valence electrons. The van der Waals surface area contributed by atoms with Gasteiger partial charge in [-0.1, -0.05) is 13.3 Å². The van der Waals surface area contributed by atoms with Crippen LogP contribution in [0.1, 0.15) is 58.3 Å². The van der Waals surface area contributed by atoms with Crippen LogP contribution >= 0.6 is 23.5 Å². The van der Waals surface area contributed by atoms with E-state index in [1.165, 1.54) is 56.5 Å². The van der Waals surface area contributed by atoms with E-state index in [9.17, 15) is 0 Å². The highest BCUT2D eigenvalue weighted by atomic mass is 32.2. The quantitative estimate of drug-likeness (QED) is 0.680. The van der Waals surface area contributed by atoms with Crippen molar-refractivity contribution in [3.05, 3.63) is 0 Å². The lowest BCUT2D eigenvalue weighted by atomic mass is 10.1. The molecule has 0 aromatic carbocycles. The van der Waals surface area contributed by atoms with Crippen LogP contribution in [0, 0.1) is 0 Å². The summed E-state index contributed by atoms with van der Waals surface area (Å²) in [6.45, 7) is 3.14. The zero-order valence-corrected chi connectivity index (χ0v) is 13.8. The Bertz CT molecular complexity index is 226. The lowest BCUT2D eigenvalue weighted by molar-refractivity contribution is -0.190. The average Bonchev–Trinajstić information content (AvgIpc) is 2.47. The van der Waals surface area contributed by atoms with Gasteiger partial charge in [-0.25, -0.2) is 0 Å². The molecule has 0 aromatic heterocycles. The van der Waals surface area contributed by atoms with E-state index >= 15 is 0 Å². The SMILES string of the molecule is CCCC(CCC1SCCCS1)OC1CCCCO1. The Labute approximate surface area is 126 Å². The highest BCUT2D eigenvalue weighted by Crippen LogP contribution is 2.34. The number of thioether (sulfide) groups is 2. The van der Waals surface area contributed by atoms with Gasteiger partial charge in [0, 0.05) is 6.61 Å². The molecule has 0 aromatic rings. The Morgan fingerprint density at radius 2 is 2.00 bits per heavy atom. The Kier molecular flexibility index (Phi) is 8.03. The van der Waals surface area contributed by atoms with Crippen molar-refractivity contribution < 1.29 is 9.47 Å². The first-order valence-corrected chi connectivity index (χ1v) is 9.98. The summed E-state index contributed by atoms with van der Waals surface area (Å²) in [5.41, 5.74) is 0. The Balaban J connectivity index is 1.68. The highest BCUT2D eigenvalue weighted by Gasteiger charge is 2.21. The largest absolute Gasteiger partial charge is 0.353 e. The van der Waals surface area contributed by atoms with Gasteiger partial charge in [0.2, 0.25) is 0 Å². The third-order valence-corrected chi connectivity index (χ3v) is 6.79. The predicted molar refractivity (Wildman–Crippen MR) is 85.9 cm³/mol. The van der Waals surface area contributed by atoms with Crippen LogP contribution in [0.2, 0.25) is 0 Å². The standard InChI is InChI=1S/C15H28O2S2/c1-2-6-13(17-14-7-3-4-10-16-14)8-9-15-18-11-5-12-19-15/h13-15H,2-12H2,1H3. The molecule has 2 heterocycles. The van der Waals surface area contributed by atoms with Gasteiger partial charge in [-0.2, -0.15) is 0 Å². The normalized spacial score (nSPS) is 27.3. The Hall–Kier alpha value is 0.620. The molecule has 2 atom stereocenters. The van der Waals surface area contributed by atoms with E-state index in [0.717, 1.165) is 17.6 Å². The van der Waals surface area contributed by atoms with E-state index in [1.807, 2.05) is 0 Å². The van der Waals surface area contributed by atoms with Crippen LogP contribution in [0.3, 0.4) is 0 Å². The first-order valence-electron chi connectivity index (χ1n) is 7.88. The fourth-order valence-electron chi connectivity index (χ4n) is 2.66. The van der Waals surface area contributed by atoms with Gasteiger partial charge in [0.15, 0.2) is 6.29 Å².